The van der Waals surface area contributed by atoms with Gasteiger partial charge in [0, 0.05) is 0 Å². The van der Waals surface area contributed by atoms with Crippen LogP contribution < -0.4 is 0 Å². The van der Waals surface area contributed by atoms with Gasteiger partial charge in [0.1, 0.15) is 0 Å². The molecule has 44 valence electrons. The third-order valence-corrected chi connectivity index (χ3v) is 0.604. The minimum atomic E-state index is 0. The average molecular weight is 270 g/mol. The molecule has 0 atom stereocenters. The molecular weight excluding hydrogens is 256 g/mol. The van der Waals surface area contributed by atoms with Gasteiger partial charge in [0.25, 0.3) is 0 Å². The molecule has 0 amide bonds. The molecule has 0 bridgehead atoms. The molecule has 0 rings (SSSR count). The van der Waals surface area contributed by atoms with Crippen LogP contribution in [-0.2, 0) is 21.1 Å². The van der Waals surface area contributed by atoms with Crippen LogP contribution in [0.2, 0.25) is 0 Å². The van der Waals surface area contributed by atoms with E-state index < -0.39 is 0 Å². The molecule has 0 aromatic rings. The van der Waals surface area contributed by atoms with Crippen LogP contribution in [0.15, 0.2) is 0 Å². The van der Waals surface area contributed by atoms with E-state index in [1.165, 1.54) is 12.8 Å². The van der Waals surface area contributed by atoms with Crippen molar-refractivity contribution in [2.45, 2.75) is 26.2 Å². The monoisotopic (exact) mass is 270 g/mol. The first kappa shape index (κ1) is 15.6. The fraction of sp³-hybridized carbons (Fsp3) is 0.667. The van der Waals surface area contributed by atoms with Crippen LogP contribution >= 0.6 is 0 Å². The summed E-state index contributed by atoms with van der Waals surface area (Å²) in [4.78, 5) is 0. The summed E-state index contributed by atoms with van der Waals surface area (Å²) in [5, 5.41) is 0. The number of hydrogen-bond acceptors (Lipinski definition) is 0. The van der Waals surface area contributed by atoms with Gasteiger partial charge in [0.15, 0.2) is 0 Å². The summed E-state index contributed by atoms with van der Waals surface area (Å²) in [5.74, 6) is 0. The van der Waals surface area contributed by atoms with Gasteiger partial charge in [0.05, 0.1) is 0 Å². The summed E-state index contributed by atoms with van der Waals surface area (Å²) in [7, 11) is 0. The van der Waals surface area contributed by atoms with Gasteiger partial charge in [-0.05, 0) is 0 Å². The summed E-state index contributed by atoms with van der Waals surface area (Å²) in [5.41, 5.74) is 0. The van der Waals surface area contributed by atoms with Crippen LogP contribution in [0.1, 0.15) is 26.2 Å². The zero-order valence-corrected chi connectivity index (χ0v) is 8.17. The molecule has 0 saturated carbocycles. The van der Waals surface area contributed by atoms with Gasteiger partial charge in [-0.25, -0.2) is 0 Å². The smallest absolute Gasteiger partial charge is 0.358 e. The van der Waals surface area contributed by atoms with E-state index in [4.69, 9.17) is 0 Å². The Bertz CT molecular complexity index is 11.7. The summed E-state index contributed by atoms with van der Waals surface area (Å²) in [6.45, 7) is 5.85. The molecule has 0 aromatic heterocycles. The van der Waals surface area contributed by atoms with Crippen LogP contribution in [-0.4, -0.2) is 0 Å². The van der Waals surface area contributed by atoms with Crippen LogP contribution in [0, 0.1) is 14.4 Å². The maximum atomic E-state index is 3.68. The predicted octanol–water partition coefficient (Wildman–Crippen LogP) is 2.46. The van der Waals surface area contributed by atoms with E-state index in [9.17, 15) is 0 Å². The van der Waals surface area contributed by atoms with Crippen molar-refractivity contribution in [1.82, 2.24) is 0 Å². The van der Waals surface area contributed by atoms with Crippen molar-refractivity contribution >= 4 is 0 Å². The van der Waals surface area contributed by atoms with Gasteiger partial charge in [-0.15, -0.1) is 0 Å². The second kappa shape index (κ2) is 15.9. The van der Waals surface area contributed by atoms with E-state index in [0.717, 1.165) is 6.42 Å². The zero-order chi connectivity index (χ0) is 4.12. The maximum absolute atomic E-state index is 3.68. The third-order valence-electron chi connectivity index (χ3n) is 0.604. The van der Waals surface area contributed by atoms with E-state index in [0.29, 0.717) is 0 Å². The Hall–Kier alpha value is 0.688. The molecule has 1 heteroatoms. The fourth-order valence-corrected chi connectivity index (χ4v) is 0.250. The first-order valence-electron chi connectivity index (χ1n) is 2.21. The molecule has 0 aliphatic carbocycles. The Morgan fingerprint density at radius 3 is 1.86 bits per heavy atom. The number of hydrogen-bond donors (Lipinski definition) is 0. The van der Waals surface area contributed by atoms with E-state index in [1.807, 2.05) is 0 Å². The molecule has 0 heterocycles. The van der Waals surface area contributed by atoms with Crippen molar-refractivity contribution < 1.29 is 21.1 Å². The molecule has 0 spiro atoms. The van der Waals surface area contributed by atoms with Crippen molar-refractivity contribution in [2.24, 2.45) is 0 Å². The molecule has 0 nitrogen and oxygen atoms in total. The fourth-order valence-electron chi connectivity index (χ4n) is 0.250. The minimum absolute atomic E-state index is 0. The molecule has 0 aliphatic heterocycles. The standard InChI is InChI=1S/C5H11.CH3.W/c1-3-5-4-2;;/h1,3-5H2,2H3;1H3;/q2*-1;+2. The van der Waals surface area contributed by atoms with Gasteiger partial charge in [-0.3, -0.25) is 0 Å². The average Bonchev–Trinajstić information content (AvgIpc) is 1.41. The molecule has 0 N–H and O–H groups in total. The maximum Gasteiger partial charge on any atom is 2.00 e. The third kappa shape index (κ3) is 20.3. The van der Waals surface area contributed by atoms with E-state index >= 15 is 0 Å². The molecule has 0 unspecified atom stereocenters. The Kier molecular flexibility index (Phi) is 35.6. The number of unbranched alkanes of at least 4 members (excludes halogenated alkanes) is 2. The summed E-state index contributed by atoms with van der Waals surface area (Å²) < 4.78 is 0. The van der Waals surface area contributed by atoms with Gasteiger partial charge >= 0.3 is 21.1 Å². The second-order valence-corrected chi connectivity index (χ2v) is 1.21. The van der Waals surface area contributed by atoms with Crippen LogP contribution in [0.4, 0.5) is 0 Å². The molecule has 7 heavy (non-hydrogen) atoms. The molecule has 0 saturated heterocycles. The molecule has 0 aliphatic rings. The van der Waals surface area contributed by atoms with E-state index in [-0.39, 0.29) is 28.5 Å². The van der Waals surface area contributed by atoms with Gasteiger partial charge in [-0.2, -0.15) is 6.42 Å². The largest absolute Gasteiger partial charge is 2.00 e. The Balaban J connectivity index is -0.0000000800. The normalized spacial score (nSPS) is 6.00. The second-order valence-electron chi connectivity index (χ2n) is 1.21. The van der Waals surface area contributed by atoms with Crippen molar-refractivity contribution in [1.29, 1.82) is 0 Å². The van der Waals surface area contributed by atoms with Gasteiger partial charge < -0.3 is 14.4 Å². The van der Waals surface area contributed by atoms with Crippen molar-refractivity contribution in [3.63, 3.8) is 0 Å². The summed E-state index contributed by atoms with van der Waals surface area (Å²) in [6, 6.07) is 0. The van der Waals surface area contributed by atoms with Crippen molar-refractivity contribution in [3.8, 4) is 0 Å². The minimum Gasteiger partial charge on any atom is -0.358 e. The molecule has 0 fully saturated rings. The Morgan fingerprint density at radius 2 is 1.86 bits per heavy atom. The quantitative estimate of drug-likeness (QED) is 0.676. The van der Waals surface area contributed by atoms with Gasteiger partial charge in [0.2, 0.25) is 0 Å². The first-order chi connectivity index (χ1) is 2.41. The topological polar surface area (TPSA) is 0 Å². The Labute approximate surface area is 62.0 Å². The predicted molar refractivity (Wildman–Crippen MR) is 31.3 cm³/mol. The van der Waals surface area contributed by atoms with Crippen LogP contribution in [0.3, 0.4) is 0 Å². The summed E-state index contributed by atoms with van der Waals surface area (Å²) >= 11 is 0. The van der Waals surface area contributed by atoms with E-state index in [2.05, 4.69) is 13.8 Å². The number of rotatable bonds is 2. The van der Waals surface area contributed by atoms with Crippen molar-refractivity contribution in [3.05, 3.63) is 14.4 Å². The molecule has 0 radical (unpaired) electrons. The first-order valence-corrected chi connectivity index (χ1v) is 2.21. The van der Waals surface area contributed by atoms with Crippen molar-refractivity contribution in [2.75, 3.05) is 0 Å². The van der Waals surface area contributed by atoms with Crippen LogP contribution in [0.25, 0.3) is 0 Å². The molecular formula is C6H14W. The van der Waals surface area contributed by atoms with Gasteiger partial charge in [-0.1, -0.05) is 19.8 Å². The summed E-state index contributed by atoms with van der Waals surface area (Å²) in [6.07, 6.45) is 3.65. The SMILES string of the molecule is [CH2-]CCCC.[CH3-].[W+2]. The van der Waals surface area contributed by atoms with E-state index in [1.54, 1.807) is 0 Å². The Morgan fingerprint density at radius 1 is 1.43 bits per heavy atom. The van der Waals surface area contributed by atoms with Crippen LogP contribution in [0.5, 0.6) is 0 Å². The molecule has 0 aromatic carbocycles. The zero-order valence-electron chi connectivity index (χ0n) is 5.24.